The van der Waals surface area contributed by atoms with Crippen LogP contribution in [0.2, 0.25) is 0 Å². The molecule has 0 aliphatic carbocycles. The molecule has 8 nitrogen and oxygen atoms in total. The Morgan fingerprint density at radius 1 is 1.44 bits per heavy atom. The first-order chi connectivity index (χ1) is 12.0. The normalized spacial score (nSPS) is 25.8. The van der Waals surface area contributed by atoms with E-state index in [1.807, 2.05) is 6.92 Å². The Hall–Kier alpha value is -2.48. The van der Waals surface area contributed by atoms with E-state index in [9.17, 15) is 9.59 Å². The molecule has 2 aliphatic heterocycles. The molecule has 2 saturated heterocycles. The van der Waals surface area contributed by atoms with E-state index in [0.29, 0.717) is 24.8 Å². The smallest absolute Gasteiger partial charge is 0.263 e. The third kappa shape index (κ3) is 2.86. The quantitative estimate of drug-likeness (QED) is 0.871. The first-order valence-electron chi connectivity index (χ1n) is 8.52. The van der Waals surface area contributed by atoms with Crippen LogP contribution < -0.4 is 5.56 Å². The number of nitrogens with zero attached hydrogens (tertiary/aromatic N) is 4. The number of aromatic nitrogens is 4. The zero-order valence-corrected chi connectivity index (χ0v) is 14.3. The lowest BCUT2D eigenvalue weighted by atomic mass is 9.91. The molecule has 1 N–H and O–H groups in total. The number of hydrogen-bond acceptors (Lipinski definition) is 5. The van der Waals surface area contributed by atoms with E-state index in [2.05, 4.69) is 15.2 Å². The van der Waals surface area contributed by atoms with Crippen LogP contribution in [0.1, 0.15) is 41.0 Å². The molecule has 2 aromatic heterocycles. The Labute approximate surface area is 144 Å². The molecule has 0 saturated carbocycles. The standard InChI is InChI=1S/C17H21N5O3/c1-10-18-15(20-19-10)13-8-11-5-7-22(9-14(11)25-13)17(24)12-4-3-6-21(2)16(12)23/h3-4,6,11,13-14H,5,7-9H2,1-2H3,(H,18,19,20)/t11?,13-,14-/m1/s1. The number of fused-ring (bicyclic) bond motifs is 1. The number of piperidine rings is 1. The number of carbonyl (C=O) groups excluding carboxylic acids is 1. The SMILES string of the molecule is Cc1nc([C@H]2CC3CCN(C(=O)c4cccn(C)c4=O)C[C@H]3O2)n[nH]1. The van der Waals surface area contributed by atoms with Gasteiger partial charge in [-0.2, -0.15) is 5.10 Å². The third-order valence-corrected chi connectivity index (χ3v) is 5.10. The largest absolute Gasteiger partial charge is 0.365 e. The number of amides is 1. The molecule has 132 valence electrons. The van der Waals surface area contributed by atoms with Gasteiger partial charge in [0.05, 0.1) is 6.10 Å². The summed E-state index contributed by atoms with van der Waals surface area (Å²) in [6, 6.07) is 3.31. The summed E-state index contributed by atoms with van der Waals surface area (Å²) in [4.78, 5) is 31.0. The first-order valence-corrected chi connectivity index (χ1v) is 8.52. The van der Waals surface area contributed by atoms with Crippen LogP contribution in [0.5, 0.6) is 0 Å². The van der Waals surface area contributed by atoms with Crippen molar-refractivity contribution >= 4 is 5.91 Å². The van der Waals surface area contributed by atoms with Crippen molar-refractivity contribution in [3.63, 3.8) is 0 Å². The molecule has 25 heavy (non-hydrogen) atoms. The Morgan fingerprint density at radius 3 is 3.04 bits per heavy atom. The van der Waals surface area contributed by atoms with Gasteiger partial charge < -0.3 is 14.2 Å². The molecule has 0 bridgehead atoms. The van der Waals surface area contributed by atoms with Gasteiger partial charge in [0.2, 0.25) is 0 Å². The molecular weight excluding hydrogens is 322 g/mol. The van der Waals surface area contributed by atoms with Gasteiger partial charge in [0, 0.05) is 26.3 Å². The van der Waals surface area contributed by atoms with E-state index in [1.54, 1.807) is 30.3 Å². The van der Waals surface area contributed by atoms with Crippen molar-refractivity contribution in [2.75, 3.05) is 13.1 Å². The number of pyridine rings is 1. The van der Waals surface area contributed by atoms with E-state index in [-0.39, 0.29) is 29.2 Å². The zero-order chi connectivity index (χ0) is 17.6. The van der Waals surface area contributed by atoms with Gasteiger partial charge in [-0.15, -0.1) is 0 Å². The van der Waals surface area contributed by atoms with Gasteiger partial charge in [-0.3, -0.25) is 14.7 Å². The van der Waals surface area contributed by atoms with Crippen molar-refractivity contribution in [1.82, 2.24) is 24.6 Å². The van der Waals surface area contributed by atoms with Gasteiger partial charge in [0.1, 0.15) is 17.5 Å². The van der Waals surface area contributed by atoms with E-state index in [4.69, 9.17) is 4.74 Å². The summed E-state index contributed by atoms with van der Waals surface area (Å²) in [6.45, 7) is 3.00. The molecule has 2 aliphatic rings. The van der Waals surface area contributed by atoms with Crippen molar-refractivity contribution < 1.29 is 9.53 Å². The summed E-state index contributed by atoms with van der Waals surface area (Å²) in [6.07, 6.45) is 3.23. The molecule has 3 atom stereocenters. The van der Waals surface area contributed by atoms with Crippen molar-refractivity contribution in [1.29, 1.82) is 0 Å². The Balaban J connectivity index is 1.48. The van der Waals surface area contributed by atoms with E-state index >= 15 is 0 Å². The minimum Gasteiger partial charge on any atom is -0.365 e. The zero-order valence-electron chi connectivity index (χ0n) is 14.3. The number of nitrogens with one attached hydrogen (secondary N) is 1. The number of hydrogen-bond donors (Lipinski definition) is 1. The summed E-state index contributed by atoms with van der Waals surface area (Å²) in [7, 11) is 1.65. The van der Waals surface area contributed by atoms with Crippen molar-refractivity contribution in [2.24, 2.45) is 13.0 Å². The Morgan fingerprint density at radius 2 is 2.28 bits per heavy atom. The van der Waals surface area contributed by atoms with Gasteiger partial charge in [-0.25, -0.2) is 4.98 Å². The van der Waals surface area contributed by atoms with Crippen LogP contribution in [-0.4, -0.2) is 49.7 Å². The third-order valence-electron chi connectivity index (χ3n) is 5.10. The van der Waals surface area contributed by atoms with Crippen LogP contribution in [0.25, 0.3) is 0 Å². The number of aryl methyl sites for hydroxylation is 2. The second kappa shape index (κ2) is 6.11. The number of ether oxygens (including phenoxy) is 1. The molecule has 8 heteroatoms. The van der Waals surface area contributed by atoms with E-state index in [1.165, 1.54) is 4.57 Å². The molecule has 1 amide bonds. The maximum atomic E-state index is 12.7. The highest BCUT2D eigenvalue weighted by atomic mass is 16.5. The van der Waals surface area contributed by atoms with Gasteiger partial charge in [-0.05, 0) is 37.8 Å². The number of aromatic amines is 1. The number of carbonyl (C=O) groups is 1. The predicted molar refractivity (Wildman–Crippen MR) is 89.0 cm³/mol. The van der Waals surface area contributed by atoms with Crippen molar-refractivity contribution in [3.8, 4) is 0 Å². The highest BCUT2D eigenvalue weighted by Gasteiger charge is 2.42. The molecular formula is C17H21N5O3. The van der Waals surface area contributed by atoms with Crippen molar-refractivity contribution in [3.05, 3.63) is 45.9 Å². The number of H-pyrrole nitrogens is 1. The summed E-state index contributed by atoms with van der Waals surface area (Å²) in [5.41, 5.74) is -0.0568. The summed E-state index contributed by atoms with van der Waals surface area (Å²) < 4.78 is 7.54. The van der Waals surface area contributed by atoms with Gasteiger partial charge in [0.15, 0.2) is 5.82 Å². The average Bonchev–Trinajstić information content (AvgIpc) is 3.21. The molecule has 2 aromatic rings. The lowest BCUT2D eigenvalue weighted by Crippen LogP contribution is -2.46. The van der Waals surface area contributed by atoms with E-state index < -0.39 is 0 Å². The molecule has 4 rings (SSSR count). The summed E-state index contributed by atoms with van der Waals surface area (Å²) in [5.74, 6) is 1.62. The molecule has 0 spiro atoms. The minimum absolute atomic E-state index is 0.0333. The number of rotatable bonds is 2. The van der Waals surface area contributed by atoms with Crippen LogP contribution in [0.15, 0.2) is 23.1 Å². The Kier molecular flexibility index (Phi) is 3.91. The Bertz CT molecular complexity index is 858. The topological polar surface area (TPSA) is 93.1 Å². The van der Waals surface area contributed by atoms with Gasteiger partial charge >= 0.3 is 0 Å². The van der Waals surface area contributed by atoms with Crippen LogP contribution >= 0.6 is 0 Å². The lowest BCUT2D eigenvalue weighted by Gasteiger charge is -2.34. The fourth-order valence-corrected chi connectivity index (χ4v) is 3.72. The second-order valence-corrected chi connectivity index (χ2v) is 6.82. The first kappa shape index (κ1) is 16.0. The monoisotopic (exact) mass is 343 g/mol. The molecule has 1 unspecified atom stereocenters. The summed E-state index contributed by atoms with van der Waals surface area (Å²) in [5, 5.41) is 7.04. The number of likely N-dealkylation sites (tertiary alicyclic amines) is 1. The maximum Gasteiger partial charge on any atom is 0.263 e. The average molecular weight is 343 g/mol. The molecule has 0 aromatic carbocycles. The van der Waals surface area contributed by atoms with E-state index in [0.717, 1.165) is 18.7 Å². The highest BCUT2D eigenvalue weighted by Crippen LogP contribution is 2.40. The van der Waals surface area contributed by atoms with Gasteiger partial charge in [0.25, 0.3) is 11.5 Å². The van der Waals surface area contributed by atoms with Crippen LogP contribution in [0, 0.1) is 12.8 Å². The lowest BCUT2D eigenvalue weighted by molar-refractivity contribution is -0.00689. The van der Waals surface area contributed by atoms with Crippen LogP contribution in [0.3, 0.4) is 0 Å². The fourth-order valence-electron chi connectivity index (χ4n) is 3.72. The maximum absolute atomic E-state index is 12.7. The fraction of sp³-hybridized carbons (Fsp3) is 0.529. The summed E-state index contributed by atoms with van der Waals surface area (Å²) >= 11 is 0. The van der Waals surface area contributed by atoms with Crippen LogP contribution in [-0.2, 0) is 11.8 Å². The second-order valence-electron chi connectivity index (χ2n) is 6.82. The molecule has 0 radical (unpaired) electrons. The highest BCUT2D eigenvalue weighted by molar-refractivity contribution is 5.93. The van der Waals surface area contributed by atoms with Gasteiger partial charge in [-0.1, -0.05) is 0 Å². The van der Waals surface area contributed by atoms with Crippen molar-refractivity contribution in [2.45, 2.75) is 32.0 Å². The minimum atomic E-state index is -0.268. The molecule has 4 heterocycles. The van der Waals surface area contributed by atoms with Crippen LogP contribution in [0.4, 0.5) is 0 Å². The predicted octanol–water partition coefficient (Wildman–Crippen LogP) is 0.804. The molecule has 2 fully saturated rings.